The number of carbonyl (C=O) groups is 1. The number of benzene rings is 2. The molecule has 0 bridgehead atoms. The van der Waals surface area contributed by atoms with Crippen molar-refractivity contribution in [2.24, 2.45) is 0 Å². The van der Waals surface area contributed by atoms with E-state index in [0.717, 1.165) is 32.7 Å². The van der Waals surface area contributed by atoms with Gasteiger partial charge in [0.05, 0.1) is 13.0 Å². The number of hydrogen-bond acceptors (Lipinski definition) is 3. The summed E-state index contributed by atoms with van der Waals surface area (Å²) in [5.74, 6) is 0.403. The molecule has 0 N–H and O–H groups in total. The van der Waals surface area contributed by atoms with Crippen molar-refractivity contribution in [3.63, 3.8) is 0 Å². The van der Waals surface area contributed by atoms with E-state index in [1.165, 1.54) is 17.7 Å². The molecule has 0 saturated carbocycles. The molecule has 3 rings (SSSR count). The lowest BCUT2D eigenvalue weighted by molar-refractivity contribution is -0.133. The minimum Gasteiger partial charge on any atom is -0.493 e. The summed E-state index contributed by atoms with van der Waals surface area (Å²) in [4.78, 5) is 16.5. The molecule has 2 aromatic rings. The van der Waals surface area contributed by atoms with E-state index in [9.17, 15) is 9.18 Å². The molecule has 1 aliphatic heterocycles. The summed E-state index contributed by atoms with van der Waals surface area (Å²) in [6, 6.07) is 16.2. The number of ether oxygens (including phenoxy) is 1. The maximum Gasteiger partial charge on any atom is 0.226 e. The second-order valence-electron chi connectivity index (χ2n) is 6.19. The monoisotopic (exact) mass is 342 g/mol. The highest BCUT2D eigenvalue weighted by molar-refractivity contribution is 5.76. The smallest absolute Gasteiger partial charge is 0.226 e. The van der Waals surface area contributed by atoms with Crippen molar-refractivity contribution >= 4 is 5.91 Å². The summed E-state index contributed by atoms with van der Waals surface area (Å²) in [5, 5.41) is 0. The second kappa shape index (κ2) is 8.62. The average Bonchev–Trinajstić information content (AvgIpc) is 2.65. The van der Waals surface area contributed by atoms with E-state index >= 15 is 0 Å². The lowest BCUT2D eigenvalue weighted by Gasteiger charge is -2.34. The summed E-state index contributed by atoms with van der Waals surface area (Å²) in [7, 11) is 0. The highest BCUT2D eigenvalue weighted by atomic mass is 19.1. The Morgan fingerprint density at radius 2 is 1.64 bits per heavy atom. The molecule has 4 nitrogen and oxygen atoms in total. The minimum absolute atomic E-state index is 0.112. The van der Waals surface area contributed by atoms with Gasteiger partial charge < -0.3 is 9.64 Å². The highest BCUT2D eigenvalue weighted by Crippen LogP contribution is 2.12. The maximum atomic E-state index is 12.8. The van der Waals surface area contributed by atoms with Crippen molar-refractivity contribution in [3.05, 3.63) is 66.0 Å². The quantitative estimate of drug-likeness (QED) is 0.809. The zero-order valence-corrected chi connectivity index (χ0v) is 14.2. The topological polar surface area (TPSA) is 32.8 Å². The van der Waals surface area contributed by atoms with Crippen LogP contribution in [-0.4, -0.2) is 48.5 Å². The molecule has 132 valence electrons. The van der Waals surface area contributed by atoms with Crippen LogP contribution in [0.5, 0.6) is 5.75 Å². The third kappa shape index (κ3) is 5.29. The number of carbonyl (C=O) groups excluding carboxylic acids is 1. The summed E-state index contributed by atoms with van der Waals surface area (Å²) in [6.07, 6.45) is 0.343. The van der Waals surface area contributed by atoms with Gasteiger partial charge in [0.25, 0.3) is 0 Å². The van der Waals surface area contributed by atoms with Crippen LogP contribution in [0.1, 0.15) is 12.0 Å². The van der Waals surface area contributed by atoms with Crippen molar-refractivity contribution in [2.75, 3.05) is 32.8 Å². The van der Waals surface area contributed by atoms with Gasteiger partial charge in [0.2, 0.25) is 5.91 Å². The predicted molar refractivity (Wildman–Crippen MR) is 94.8 cm³/mol. The molecule has 1 fully saturated rings. The van der Waals surface area contributed by atoms with Gasteiger partial charge in [0.15, 0.2) is 0 Å². The van der Waals surface area contributed by atoms with Crippen molar-refractivity contribution in [2.45, 2.75) is 13.0 Å². The second-order valence-corrected chi connectivity index (χ2v) is 6.19. The van der Waals surface area contributed by atoms with Crippen LogP contribution in [-0.2, 0) is 11.3 Å². The van der Waals surface area contributed by atoms with Crippen LogP contribution in [0, 0.1) is 5.82 Å². The van der Waals surface area contributed by atoms with E-state index < -0.39 is 0 Å². The number of rotatable bonds is 6. The summed E-state index contributed by atoms with van der Waals surface area (Å²) in [5.41, 5.74) is 1.30. The average molecular weight is 342 g/mol. The van der Waals surface area contributed by atoms with Crippen molar-refractivity contribution < 1.29 is 13.9 Å². The Kier molecular flexibility index (Phi) is 6.01. The maximum absolute atomic E-state index is 12.8. The van der Waals surface area contributed by atoms with Gasteiger partial charge in [-0.25, -0.2) is 4.39 Å². The fourth-order valence-electron chi connectivity index (χ4n) is 2.94. The largest absolute Gasteiger partial charge is 0.493 e. The number of amides is 1. The first-order valence-corrected chi connectivity index (χ1v) is 8.63. The minimum atomic E-state index is -0.295. The third-order valence-electron chi connectivity index (χ3n) is 4.37. The van der Waals surface area contributed by atoms with Crippen LogP contribution < -0.4 is 4.74 Å². The SMILES string of the molecule is O=C(CCOc1ccc(F)cc1)N1CCN(Cc2ccccc2)CC1. The standard InChI is InChI=1S/C20H23FN2O2/c21-18-6-8-19(9-7-18)25-15-10-20(24)23-13-11-22(12-14-23)16-17-4-2-1-3-5-17/h1-9H,10-16H2. The lowest BCUT2D eigenvalue weighted by Crippen LogP contribution is -2.48. The van der Waals surface area contributed by atoms with Gasteiger partial charge in [0.1, 0.15) is 11.6 Å². The van der Waals surface area contributed by atoms with Crippen molar-refractivity contribution in [3.8, 4) is 5.75 Å². The van der Waals surface area contributed by atoms with E-state index in [1.54, 1.807) is 12.1 Å². The van der Waals surface area contributed by atoms with Gasteiger partial charge in [-0.15, -0.1) is 0 Å². The Bertz CT molecular complexity index is 668. The molecule has 0 unspecified atom stereocenters. The molecule has 1 heterocycles. The fourth-order valence-corrected chi connectivity index (χ4v) is 2.94. The molecule has 1 amide bonds. The Morgan fingerprint density at radius 3 is 2.32 bits per heavy atom. The molecule has 0 radical (unpaired) electrons. The molecule has 0 spiro atoms. The van der Waals surface area contributed by atoms with E-state index in [-0.39, 0.29) is 11.7 Å². The molecule has 0 aliphatic carbocycles. The Labute approximate surface area is 147 Å². The van der Waals surface area contributed by atoms with Crippen molar-refractivity contribution in [1.29, 1.82) is 0 Å². The van der Waals surface area contributed by atoms with Gasteiger partial charge in [-0.3, -0.25) is 9.69 Å². The van der Waals surface area contributed by atoms with Crippen molar-refractivity contribution in [1.82, 2.24) is 9.80 Å². The molecule has 1 aliphatic rings. The van der Waals surface area contributed by atoms with E-state index in [2.05, 4.69) is 29.2 Å². The lowest BCUT2D eigenvalue weighted by atomic mass is 10.2. The van der Waals surface area contributed by atoms with Crippen LogP contribution in [0.3, 0.4) is 0 Å². The fraction of sp³-hybridized carbons (Fsp3) is 0.350. The first-order valence-electron chi connectivity index (χ1n) is 8.63. The van der Waals surface area contributed by atoms with Crippen LogP contribution in [0.4, 0.5) is 4.39 Å². The molecule has 25 heavy (non-hydrogen) atoms. The summed E-state index contributed by atoms with van der Waals surface area (Å²) >= 11 is 0. The summed E-state index contributed by atoms with van der Waals surface area (Å²) in [6.45, 7) is 4.52. The first kappa shape index (κ1) is 17.4. The van der Waals surface area contributed by atoms with E-state index in [4.69, 9.17) is 4.74 Å². The van der Waals surface area contributed by atoms with Gasteiger partial charge in [0, 0.05) is 32.7 Å². The Balaban J connectivity index is 1.37. The van der Waals surface area contributed by atoms with Gasteiger partial charge in [-0.2, -0.15) is 0 Å². The van der Waals surface area contributed by atoms with Crippen LogP contribution in [0.15, 0.2) is 54.6 Å². The van der Waals surface area contributed by atoms with Gasteiger partial charge >= 0.3 is 0 Å². The molecule has 0 aromatic heterocycles. The Morgan fingerprint density at radius 1 is 0.960 bits per heavy atom. The third-order valence-corrected chi connectivity index (χ3v) is 4.37. The van der Waals surface area contributed by atoms with Crippen LogP contribution in [0.2, 0.25) is 0 Å². The van der Waals surface area contributed by atoms with Crippen LogP contribution >= 0.6 is 0 Å². The first-order chi connectivity index (χ1) is 12.2. The molecule has 2 aromatic carbocycles. The van der Waals surface area contributed by atoms with E-state index in [0.29, 0.717) is 18.8 Å². The molecule has 5 heteroatoms. The molecule has 0 atom stereocenters. The highest BCUT2D eigenvalue weighted by Gasteiger charge is 2.20. The Hall–Kier alpha value is -2.40. The molecule has 1 saturated heterocycles. The van der Waals surface area contributed by atoms with Gasteiger partial charge in [-0.05, 0) is 29.8 Å². The number of piperazine rings is 1. The number of hydrogen-bond donors (Lipinski definition) is 0. The van der Waals surface area contributed by atoms with Crippen LogP contribution in [0.25, 0.3) is 0 Å². The molecular weight excluding hydrogens is 319 g/mol. The van der Waals surface area contributed by atoms with Gasteiger partial charge in [-0.1, -0.05) is 30.3 Å². The predicted octanol–water partition coefficient (Wildman–Crippen LogP) is 2.94. The molecular formula is C20H23FN2O2. The zero-order chi connectivity index (χ0) is 17.5. The summed E-state index contributed by atoms with van der Waals surface area (Å²) < 4.78 is 18.3. The number of nitrogens with zero attached hydrogens (tertiary/aromatic N) is 2. The zero-order valence-electron chi connectivity index (χ0n) is 14.2. The van der Waals surface area contributed by atoms with E-state index in [1.807, 2.05) is 11.0 Å². The number of halogens is 1. The normalized spacial score (nSPS) is 15.2.